The Morgan fingerprint density at radius 3 is 1.88 bits per heavy atom. The highest BCUT2D eigenvalue weighted by Gasteiger charge is 2.36. The molecule has 2 aliphatic carbocycles. The second-order valence-corrected chi connectivity index (χ2v) is 13.6. The minimum atomic E-state index is 0.312. The van der Waals surface area contributed by atoms with Gasteiger partial charge in [0.2, 0.25) is 0 Å². The maximum Gasteiger partial charge on any atom is 0.0629 e. The van der Waals surface area contributed by atoms with E-state index < -0.39 is 0 Å². The molecule has 2 atom stereocenters. The molecule has 0 bridgehead atoms. The smallest absolute Gasteiger partial charge is 0.0629 e. The third-order valence-electron chi connectivity index (χ3n) is 10.8. The molecule has 50 heavy (non-hydrogen) atoms. The fraction of sp³-hybridized carbons (Fsp3) is 0.0833. The van der Waals surface area contributed by atoms with E-state index in [1.807, 2.05) is 0 Å². The van der Waals surface area contributed by atoms with E-state index in [0.717, 1.165) is 12.8 Å². The molecule has 0 spiro atoms. The number of hydrogen-bond acceptors (Lipinski definition) is 1. The number of aromatic nitrogens is 1. The number of nitrogens with zero attached hydrogens (tertiary/aromatic N) is 2. The Morgan fingerprint density at radius 1 is 0.520 bits per heavy atom. The van der Waals surface area contributed by atoms with Crippen LogP contribution in [0.15, 0.2) is 176 Å². The molecule has 238 valence electrons. The van der Waals surface area contributed by atoms with Crippen LogP contribution in [0, 0.1) is 0 Å². The van der Waals surface area contributed by atoms with E-state index in [-0.39, 0.29) is 0 Å². The van der Waals surface area contributed by atoms with Crippen molar-refractivity contribution in [1.82, 2.24) is 4.57 Å². The summed E-state index contributed by atoms with van der Waals surface area (Å²) in [5.74, 6) is 0.393. The first-order chi connectivity index (χ1) is 24.8. The van der Waals surface area contributed by atoms with Gasteiger partial charge in [0.1, 0.15) is 0 Å². The lowest BCUT2D eigenvalue weighted by Gasteiger charge is -2.28. The molecule has 0 saturated carbocycles. The van der Waals surface area contributed by atoms with E-state index in [4.69, 9.17) is 0 Å². The third kappa shape index (κ3) is 4.71. The number of allylic oxidation sites excluding steroid dienone is 3. The van der Waals surface area contributed by atoms with Crippen LogP contribution in [-0.2, 0) is 6.42 Å². The molecule has 2 heterocycles. The number of para-hydroxylation sites is 2. The predicted octanol–water partition coefficient (Wildman–Crippen LogP) is 12.3. The molecule has 2 nitrogen and oxygen atoms in total. The number of anilines is 2. The van der Waals surface area contributed by atoms with Gasteiger partial charge in [-0.1, -0.05) is 134 Å². The van der Waals surface area contributed by atoms with Crippen LogP contribution >= 0.6 is 0 Å². The van der Waals surface area contributed by atoms with Crippen molar-refractivity contribution in [3.63, 3.8) is 0 Å². The van der Waals surface area contributed by atoms with Gasteiger partial charge in [0.15, 0.2) is 0 Å². The highest BCUT2D eigenvalue weighted by Crippen LogP contribution is 2.47. The maximum absolute atomic E-state index is 2.49. The molecule has 7 aromatic rings. The molecule has 3 aliphatic rings. The highest BCUT2D eigenvalue weighted by molar-refractivity contribution is 5.93. The molecule has 0 radical (unpaired) electrons. The van der Waals surface area contributed by atoms with Gasteiger partial charge in [0.05, 0.1) is 11.6 Å². The van der Waals surface area contributed by atoms with Crippen LogP contribution in [0.2, 0.25) is 0 Å². The Balaban J connectivity index is 0.930. The molecule has 0 fully saturated rings. The van der Waals surface area contributed by atoms with Crippen LogP contribution in [0.5, 0.6) is 0 Å². The summed E-state index contributed by atoms with van der Waals surface area (Å²) in [4.78, 5) is 2.49. The lowest BCUT2D eigenvalue weighted by atomic mass is 9.91. The van der Waals surface area contributed by atoms with Gasteiger partial charge in [-0.25, -0.2) is 0 Å². The predicted molar refractivity (Wildman–Crippen MR) is 210 cm³/mol. The number of hydrogen-bond donors (Lipinski definition) is 0. The van der Waals surface area contributed by atoms with Gasteiger partial charge >= 0.3 is 0 Å². The van der Waals surface area contributed by atoms with Gasteiger partial charge in [-0.15, -0.1) is 0 Å². The van der Waals surface area contributed by atoms with E-state index in [9.17, 15) is 0 Å². The average molecular weight is 641 g/mol. The van der Waals surface area contributed by atoms with Crippen LogP contribution in [0.3, 0.4) is 0 Å². The Bertz CT molecular complexity index is 2490. The maximum atomic E-state index is 2.49. The van der Waals surface area contributed by atoms with Gasteiger partial charge in [-0.2, -0.15) is 0 Å². The van der Waals surface area contributed by atoms with Gasteiger partial charge in [0, 0.05) is 39.6 Å². The molecule has 10 rings (SSSR count). The fourth-order valence-corrected chi connectivity index (χ4v) is 8.43. The summed E-state index contributed by atoms with van der Waals surface area (Å²) in [6.07, 6.45) is 15.8. The van der Waals surface area contributed by atoms with Crippen molar-refractivity contribution in [3.05, 3.63) is 193 Å². The molecule has 2 heteroatoms. The zero-order valence-electron chi connectivity index (χ0n) is 27.8. The molecule has 1 aliphatic heterocycles. The van der Waals surface area contributed by atoms with E-state index >= 15 is 0 Å². The average Bonchev–Trinajstić information content (AvgIpc) is 3.71. The minimum absolute atomic E-state index is 0.312. The first kappa shape index (κ1) is 28.9. The summed E-state index contributed by atoms with van der Waals surface area (Å²) in [5.41, 5.74) is 16.5. The van der Waals surface area contributed by atoms with Crippen LogP contribution in [0.25, 0.3) is 56.0 Å². The summed E-state index contributed by atoms with van der Waals surface area (Å²) in [5, 5.41) is 1.33. The summed E-state index contributed by atoms with van der Waals surface area (Å²) in [7, 11) is 0. The highest BCUT2D eigenvalue weighted by atomic mass is 15.2. The van der Waals surface area contributed by atoms with Crippen LogP contribution in [-0.4, -0.2) is 10.6 Å². The Labute approximate surface area is 293 Å². The quantitative estimate of drug-likeness (QED) is 0.182. The van der Waals surface area contributed by atoms with Crippen molar-refractivity contribution in [2.24, 2.45) is 0 Å². The molecule has 2 unspecified atom stereocenters. The van der Waals surface area contributed by atoms with Crippen molar-refractivity contribution >= 4 is 28.4 Å². The van der Waals surface area contributed by atoms with Crippen molar-refractivity contribution in [3.8, 4) is 39.1 Å². The van der Waals surface area contributed by atoms with Crippen molar-refractivity contribution in [2.45, 2.75) is 24.8 Å². The Morgan fingerprint density at radius 2 is 1.14 bits per heavy atom. The Hall–Kier alpha value is -6.12. The van der Waals surface area contributed by atoms with Gasteiger partial charge < -0.3 is 9.47 Å². The first-order valence-corrected chi connectivity index (χ1v) is 17.7. The topological polar surface area (TPSA) is 8.17 Å². The summed E-state index contributed by atoms with van der Waals surface area (Å²) in [6, 6.07) is 54.0. The standard InChI is InChI=1S/C48H36N2/c1-5-19-45-41(15-1)42-16-2-6-20-46(42)49(45)39-27-23-33(24-28-39)35-11-9-13-37(31-35)38-14-10-12-36(32-38)34-25-29-40(30-26-34)50-47-21-7-3-17-43(47)44-18-4-8-22-48(44)50/h1-7,9-21,23-32,41,45H,8,22H2. The summed E-state index contributed by atoms with van der Waals surface area (Å²) < 4.78 is 2.46. The molecule has 6 aromatic carbocycles. The normalized spacial score (nSPS) is 17.2. The molecular weight excluding hydrogens is 605 g/mol. The van der Waals surface area contributed by atoms with Gasteiger partial charge in [0.25, 0.3) is 0 Å². The molecule has 1 aromatic heterocycles. The monoisotopic (exact) mass is 640 g/mol. The zero-order valence-corrected chi connectivity index (χ0v) is 27.8. The van der Waals surface area contributed by atoms with Gasteiger partial charge in [-0.05, 0) is 100 Å². The molecular formula is C48H36N2. The zero-order chi connectivity index (χ0) is 33.0. The lowest BCUT2D eigenvalue weighted by Crippen LogP contribution is -2.28. The van der Waals surface area contributed by atoms with Gasteiger partial charge in [-0.3, -0.25) is 0 Å². The van der Waals surface area contributed by atoms with E-state index in [0.29, 0.717) is 12.0 Å². The fourth-order valence-electron chi connectivity index (χ4n) is 8.43. The molecule has 0 amide bonds. The SMILES string of the molecule is C1=CC2c3ccccc3N(c3ccc(-c4cccc(-c5cccc(-c6ccc(-n7c8c(c9ccccc97)C=CCC8)cc6)c5)c4)cc3)C2C=C1. The number of benzene rings is 6. The van der Waals surface area contributed by atoms with Crippen molar-refractivity contribution in [2.75, 3.05) is 4.90 Å². The van der Waals surface area contributed by atoms with E-state index in [1.165, 1.54) is 78.2 Å². The largest absolute Gasteiger partial charge is 0.333 e. The number of rotatable bonds is 5. The Kier molecular flexibility index (Phi) is 6.80. The molecule has 0 N–H and O–H groups in total. The lowest BCUT2D eigenvalue weighted by molar-refractivity contribution is 0.745. The molecule has 0 saturated heterocycles. The van der Waals surface area contributed by atoms with Crippen LogP contribution in [0.4, 0.5) is 11.4 Å². The first-order valence-electron chi connectivity index (χ1n) is 17.7. The minimum Gasteiger partial charge on any atom is -0.333 e. The van der Waals surface area contributed by atoms with Crippen molar-refractivity contribution in [1.29, 1.82) is 0 Å². The van der Waals surface area contributed by atoms with Crippen LogP contribution in [0.1, 0.15) is 29.2 Å². The second-order valence-electron chi connectivity index (χ2n) is 13.6. The van der Waals surface area contributed by atoms with E-state index in [2.05, 4.69) is 192 Å². The van der Waals surface area contributed by atoms with Crippen LogP contribution < -0.4 is 4.90 Å². The van der Waals surface area contributed by atoms with Crippen molar-refractivity contribution < 1.29 is 0 Å². The summed E-state index contributed by atoms with van der Waals surface area (Å²) >= 11 is 0. The third-order valence-corrected chi connectivity index (χ3v) is 10.8. The number of fused-ring (bicyclic) bond motifs is 6. The summed E-state index contributed by atoms with van der Waals surface area (Å²) in [6.45, 7) is 0. The van der Waals surface area contributed by atoms with E-state index in [1.54, 1.807) is 0 Å². The second kappa shape index (κ2) is 11.8.